The van der Waals surface area contributed by atoms with E-state index in [-0.39, 0.29) is 11.8 Å². The van der Waals surface area contributed by atoms with Crippen molar-refractivity contribution in [3.63, 3.8) is 0 Å². The number of rotatable bonds is 6. The molecule has 6 heteroatoms. The second-order valence-corrected chi connectivity index (χ2v) is 7.14. The van der Waals surface area contributed by atoms with E-state index in [0.717, 1.165) is 11.1 Å². The van der Waals surface area contributed by atoms with Crippen molar-refractivity contribution in [1.29, 1.82) is 0 Å². The summed E-state index contributed by atoms with van der Waals surface area (Å²) in [5.41, 5.74) is 3.24. The first-order chi connectivity index (χ1) is 13.7. The number of nitrogens with one attached hydrogen (secondary N) is 2. The average Bonchev–Trinajstić information content (AvgIpc) is 3.34. The quantitative estimate of drug-likeness (QED) is 0.614. The van der Waals surface area contributed by atoms with E-state index in [1.807, 2.05) is 60.7 Å². The van der Waals surface area contributed by atoms with Crippen molar-refractivity contribution in [3.05, 3.63) is 78.0 Å². The molecule has 0 saturated carbocycles. The average molecular weight is 376 g/mol. The van der Waals surface area contributed by atoms with Gasteiger partial charge in [-0.2, -0.15) is 5.10 Å². The van der Waals surface area contributed by atoms with Crippen LogP contribution in [0.15, 0.2) is 66.9 Å². The number of carbonyl (C=O) groups is 1. The van der Waals surface area contributed by atoms with Gasteiger partial charge in [-0.3, -0.25) is 9.48 Å². The maximum absolute atomic E-state index is 12.9. The molecule has 1 fully saturated rings. The third kappa shape index (κ3) is 4.13. The lowest BCUT2D eigenvalue weighted by molar-refractivity contribution is 0.0927. The fraction of sp³-hybridized carbons (Fsp3) is 0.273. The zero-order valence-electron chi connectivity index (χ0n) is 15.6. The summed E-state index contributed by atoms with van der Waals surface area (Å²) in [4.78, 5) is 12.9. The van der Waals surface area contributed by atoms with E-state index in [2.05, 4.69) is 15.7 Å². The summed E-state index contributed by atoms with van der Waals surface area (Å²) in [6.45, 7) is 2.31. The highest BCUT2D eigenvalue weighted by Crippen LogP contribution is 2.22. The highest BCUT2D eigenvalue weighted by atomic mass is 16.3. The van der Waals surface area contributed by atoms with Crippen LogP contribution in [0.1, 0.15) is 15.9 Å². The lowest BCUT2D eigenvalue weighted by Gasteiger charge is -2.14. The van der Waals surface area contributed by atoms with Gasteiger partial charge in [0.1, 0.15) is 5.69 Å². The number of carbonyl (C=O) groups excluding carboxylic acids is 1. The minimum absolute atomic E-state index is 0.0310. The zero-order valence-corrected chi connectivity index (χ0v) is 15.6. The Morgan fingerprint density at radius 3 is 2.50 bits per heavy atom. The predicted molar refractivity (Wildman–Crippen MR) is 108 cm³/mol. The molecule has 3 aromatic rings. The topological polar surface area (TPSA) is 79.2 Å². The van der Waals surface area contributed by atoms with E-state index in [4.69, 9.17) is 0 Å². The Morgan fingerprint density at radius 1 is 1.11 bits per heavy atom. The minimum Gasteiger partial charge on any atom is -0.391 e. The number of aromatic nitrogens is 2. The number of hydrogen-bond donors (Lipinski definition) is 3. The van der Waals surface area contributed by atoms with Gasteiger partial charge in [0.25, 0.3) is 5.91 Å². The molecule has 144 valence electrons. The second-order valence-electron chi connectivity index (χ2n) is 7.14. The van der Waals surface area contributed by atoms with Crippen LogP contribution in [0.2, 0.25) is 0 Å². The van der Waals surface area contributed by atoms with Crippen LogP contribution in [0.5, 0.6) is 0 Å². The molecule has 2 unspecified atom stereocenters. The van der Waals surface area contributed by atoms with Gasteiger partial charge in [-0.05, 0) is 5.56 Å². The van der Waals surface area contributed by atoms with Crippen LogP contribution in [0.3, 0.4) is 0 Å². The van der Waals surface area contributed by atoms with Crippen molar-refractivity contribution in [2.75, 3.05) is 19.6 Å². The molecule has 1 aromatic heterocycles. The van der Waals surface area contributed by atoms with Crippen LogP contribution in [0.4, 0.5) is 0 Å². The van der Waals surface area contributed by atoms with Gasteiger partial charge in [0.2, 0.25) is 0 Å². The van der Waals surface area contributed by atoms with E-state index in [0.29, 0.717) is 37.4 Å². The molecule has 0 bridgehead atoms. The lowest BCUT2D eigenvalue weighted by Crippen LogP contribution is -2.34. The SMILES string of the molecule is O=C(NCC1CNCC1O)c1cn(Cc2ccccc2)nc1-c1ccccc1. The number of aliphatic hydroxyl groups is 1. The monoisotopic (exact) mass is 376 g/mol. The molecule has 1 aliphatic heterocycles. The summed E-state index contributed by atoms with van der Waals surface area (Å²) in [5, 5.41) is 20.7. The number of nitrogens with zero attached hydrogens (tertiary/aromatic N) is 2. The van der Waals surface area contributed by atoms with Gasteiger partial charge in [0.15, 0.2) is 0 Å². The Hall–Kier alpha value is -2.96. The number of benzene rings is 2. The maximum atomic E-state index is 12.9. The van der Waals surface area contributed by atoms with Crippen molar-refractivity contribution >= 4 is 5.91 Å². The second kappa shape index (κ2) is 8.37. The smallest absolute Gasteiger partial charge is 0.255 e. The highest BCUT2D eigenvalue weighted by Gasteiger charge is 2.26. The van der Waals surface area contributed by atoms with Crippen LogP contribution < -0.4 is 10.6 Å². The molecule has 1 aliphatic rings. The molecule has 3 N–H and O–H groups in total. The molecule has 2 heterocycles. The lowest BCUT2D eigenvalue weighted by atomic mass is 10.1. The van der Waals surface area contributed by atoms with Gasteiger partial charge in [0, 0.05) is 37.3 Å². The number of aliphatic hydroxyl groups excluding tert-OH is 1. The van der Waals surface area contributed by atoms with Crippen LogP contribution in [-0.2, 0) is 6.54 Å². The first-order valence-electron chi connectivity index (χ1n) is 9.54. The van der Waals surface area contributed by atoms with Crippen LogP contribution in [0, 0.1) is 5.92 Å². The summed E-state index contributed by atoms with van der Waals surface area (Å²) in [6, 6.07) is 19.8. The Kier molecular flexibility index (Phi) is 5.50. The Bertz CT molecular complexity index is 924. The molecule has 1 amide bonds. The Morgan fingerprint density at radius 2 is 1.82 bits per heavy atom. The molecule has 0 aliphatic carbocycles. The van der Waals surface area contributed by atoms with Crippen LogP contribution in [-0.4, -0.2) is 46.5 Å². The highest BCUT2D eigenvalue weighted by molar-refractivity contribution is 5.99. The number of β-amino-alcohol motifs (C(OH)–C–C–N with tert-alkyl or cyclic N) is 1. The molecular weight excluding hydrogens is 352 g/mol. The molecule has 0 radical (unpaired) electrons. The summed E-state index contributed by atoms with van der Waals surface area (Å²) in [7, 11) is 0. The van der Waals surface area contributed by atoms with Crippen molar-refractivity contribution in [2.24, 2.45) is 5.92 Å². The molecule has 4 rings (SSSR count). The first-order valence-corrected chi connectivity index (χ1v) is 9.54. The van der Waals surface area contributed by atoms with Crippen molar-refractivity contribution in [2.45, 2.75) is 12.6 Å². The van der Waals surface area contributed by atoms with Crippen molar-refractivity contribution in [1.82, 2.24) is 20.4 Å². The molecule has 1 saturated heterocycles. The summed E-state index contributed by atoms with van der Waals surface area (Å²) in [5.74, 6) is -0.138. The fourth-order valence-electron chi connectivity index (χ4n) is 3.49. The molecule has 28 heavy (non-hydrogen) atoms. The van der Waals surface area contributed by atoms with Crippen molar-refractivity contribution < 1.29 is 9.90 Å². The summed E-state index contributed by atoms with van der Waals surface area (Å²) in [6.07, 6.45) is 1.38. The van der Waals surface area contributed by atoms with Crippen LogP contribution >= 0.6 is 0 Å². The van der Waals surface area contributed by atoms with Gasteiger partial charge in [-0.25, -0.2) is 0 Å². The summed E-state index contributed by atoms with van der Waals surface area (Å²) < 4.78 is 1.80. The maximum Gasteiger partial charge on any atom is 0.255 e. The van der Waals surface area contributed by atoms with Gasteiger partial charge >= 0.3 is 0 Å². The predicted octanol–water partition coefficient (Wildman–Crippen LogP) is 1.91. The zero-order chi connectivity index (χ0) is 19.3. The van der Waals surface area contributed by atoms with E-state index in [9.17, 15) is 9.90 Å². The third-order valence-corrected chi connectivity index (χ3v) is 5.07. The van der Waals surface area contributed by atoms with E-state index in [1.54, 1.807) is 10.9 Å². The van der Waals surface area contributed by atoms with E-state index >= 15 is 0 Å². The molecular formula is C22H24N4O2. The molecule has 2 aromatic carbocycles. The molecule has 6 nitrogen and oxygen atoms in total. The summed E-state index contributed by atoms with van der Waals surface area (Å²) >= 11 is 0. The largest absolute Gasteiger partial charge is 0.391 e. The van der Waals surface area contributed by atoms with Gasteiger partial charge in [0.05, 0.1) is 18.2 Å². The number of amides is 1. The Balaban J connectivity index is 1.57. The standard InChI is InChI=1S/C22H24N4O2/c27-20-13-23-11-18(20)12-24-22(28)19-15-26(14-16-7-3-1-4-8-16)25-21(19)17-9-5-2-6-10-17/h1-10,15,18,20,23,27H,11-14H2,(H,24,28). The Labute approximate surface area is 164 Å². The van der Waals surface area contributed by atoms with Crippen molar-refractivity contribution in [3.8, 4) is 11.3 Å². The van der Waals surface area contributed by atoms with E-state index in [1.165, 1.54) is 0 Å². The first kappa shape index (κ1) is 18.4. The molecule has 2 atom stereocenters. The fourth-order valence-corrected chi connectivity index (χ4v) is 3.49. The van der Waals surface area contributed by atoms with Gasteiger partial charge in [-0.1, -0.05) is 60.7 Å². The third-order valence-electron chi connectivity index (χ3n) is 5.07. The van der Waals surface area contributed by atoms with Gasteiger partial charge in [-0.15, -0.1) is 0 Å². The van der Waals surface area contributed by atoms with Gasteiger partial charge < -0.3 is 15.7 Å². The normalized spacial score (nSPS) is 18.9. The van der Waals surface area contributed by atoms with E-state index < -0.39 is 6.10 Å². The minimum atomic E-state index is -0.422. The van der Waals surface area contributed by atoms with Crippen LogP contribution in [0.25, 0.3) is 11.3 Å². The molecule has 0 spiro atoms. The number of hydrogen-bond acceptors (Lipinski definition) is 4.